The number of para-hydroxylation sites is 1. The van der Waals surface area contributed by atoms with Gasteiger partial charge >= 0.3 is 0 Å². The maximum atomic E-state index is 2.49. The number of anilines is 3. The lowest BCUT2D eigenvalue weighted by molar-refractivity contribution is 0.714. The van der Waals surface area contributed by atoms with Crippen LogP contribution < -0.4 is 4.90 Å². The second-order valence-corrected chi connectivity index (χ2v) is 16.2. The lowest BCUT2D eigenvalue weighted by atomic mass is 9.74. The zero-order valence-electron chi connectivity index (χ0n) is 34.0. The topological polar surface area (TPSA) is 3.24 Å². The first-order valence-corrected chi connectivity index (χ1v) is 21.2. The minimum Gasteiger partial charge on any atom is -0.309 e. The van der Waals surface area contributed by atoms with Crippen LogP contribution >= 0.6 is 0 Å². The van der Waals surface area contributed by atoms with E-state index in [1.54, 1.807) is 0 Å². The molecule has 1 atom stereocenters. The quantitative estimate of drug-likeness (QED) is 0.149. The van der Waals surface area contributed by atoms with Crippen LogP contribution in [0, 0.1) is 0 Å². The Morgan fingerprint density at radius 1 is 0.311 bits per heavy atom. The third-order valence-electron chi connectivity index (χ3n) is 12.8. The van der Waals surface area contributed by atoms with Crippen molar-refractivity contribution in [1.82, 2.24) is 0 Å². The number of fused-ring (bicyclic) bond motifs is 4. The van der Waals surface area contributed by atoms with Gasteiger partial charge in [-0.05, 0) is 109 Å². The molecule has 61 heavy (non-hydrogen) atoms. The van der Waals surface area contributed by atoms with Gasteiger partial charge in [-0.15, -0.1) is 0 Å². The van der Waals surface area contributed by atoms with E-state index in [0.29, 0.717) is 0 Å². The Bertz CT molecular complexity index is 3170. The molecule has 10 aromatic carbocycles. The molecule has 0 aliphatic heterocycles. The minimum atomic E-state index is -0.315. The molecule has 1 aliphatic rings. The van der Waals surface area contributed by atoms with E-state index in [4.69, 9.17) is 0 Å². The summed E-state index contributed by atoms with van der Waals surface area (Å²) in [4.78, 5) is 2.49. The fraction of sp³-hybridized carbons (Fsp3) is 0.0333. The molecule has 10 aromatic rings. The summed E-state index contributed by atoms with van der Waals surface area (Å²) in [7, 11) is 0. The van der Waals surface area contributed by atoms with Crippen LogP contribution in [-0.4, -0.2) is 0 Å². The van der Waals surface area contributed by atoms with Crippen molar-refractivity contribution in [2.45, 2.75) is 12.3 Å². The minimum absolute atomic E-state index is 0.315. The molecule has 0 saturated carbocycles. The monoisotopic (exact) mass is 777 g/mol. The van der Waals surface area contributed by atoms with E-state index < -0.39 is 0 Å². The van der Waals surface area contributed by atoms with Crippen LogP contribution in [-0.2, 0) is 5.41 Å². The summed E-state index contributed by atoms with van der Waals surface area (Å²) in [5, 5.41) is 2.52. The number of nitrogens with zero attached hydrogens (tertiary/aromatic N) is 1. The summed E-state index contributed by atoms with van der Waals surface area (Å²) >= 11 is 0. The summed E-state index contributed by atoms with van der Waals surface area (Å²) in [6.07, 6.45) is 0. The third-order valence-corrected chi connectivity index (χ3v) is 12.8. The molecule has 0 bridgehead atoms. The summed E-state index contributed by atoms with van der Waals surface area (Å²) < 4.78 is 0. The fourth-order valence-electron chi connectivity index (χ4n) is 9.61. The highest BCUT2D eigenvalue weighted by atomic mass is 15.1. The van der Waals surface area contributed by atoms with Crippen LogP contribution in [0.25, 0.3) is 66.4 Å². The van der Waals surface area contributed by atoms with Crippen molar-refractivity contribution in [1.29, 1.82) is 0 Å². The van der Waals surface area contributed by atoms with Crippen molar-refractivity contribution in [3.8, 4) is 55.6 Å². The maximum absolute atomic E-state index is 2.49. The molecular formula is C60H43N. The Labute approximate surface area is 358 Å². The van der Waals surface area contributed by atoms with Gasteiger partial charge in [-0.1, -0.05) is 212 Å². The molecule has 1 heteroatoms. The Morgan fingerprint density at radius 2 is 0.787 bits per heavy atom. The van der Waals surface area contributed by atoms with Gasteiger partial charge in [0.25, 0.3) is 0 Å². The summed E-state index contributed by atoms with van der Waals surface area (Å²) in [5.74, 6) is 0. The second kappa shape index (κ2) is 15.1. The Balaban J connectivity index is 1.04. The first kappa shape index (κ1) is 36.3. The smallest absolute Gasteiger partial charge is 0.0543 e. The summed E-state index contributed by atoms with van der Waals surface area (Å²) in [6.45, 7) is 2.39. The molecule has 0 fully saturated rings. The first-order valence-electron chi connectivity index (χ1n) is 21.2. The van der Waals surface area contributed by atoms with Gasteiger partial charge in [-0.2, -0.15) is 0 Å². The molecule has 1 unspecified atom stereocenters. The summed E-state index contributed by atoms with van der Waals surface area (Å²) in [6, 6.07) is 88.7. The lowest BCUT2D eigenvalue weighted by Crippen LogP contribution is -2.22. The van der Waals surface area contributed by atoms with E-state index in [0.717, 1.165) is 17.1 Å². The SMILES string of the molecule is CC1(c2ccccc2)c2ccccc2-c2c(N(c3ccc(-c4ccc(-c5ccc6ccccc6c5)cc4)cc3)c3ccccc3-c3ccc(-c4ccccc4)cc3)cccc21. The standard InChI is InChI=1S/C60H43N/c1-60(51-19-6-3-7-20-51)55-23-12-10-22-54(55)59-56(60)24-14-26-58(59)61(57-25-13-11-21-53(57)48-34-31-44(32-35-48)42-15-4-2-5-16-42)52-39-37-46(38-40-52)45-27-29-47(30-28-45)50-36-33-43-17-8-9-18-49(43)41-50/h2-41H,1H3. The van der Waals surface area contributed by atoms with Gasteiger partial charge in [0.2, 0.25) is 0 Å². The van der Waals surface area contributed by atoms with Crippen molar-refractivity contribution in [2.75, 3.05) is 4.90 Å². The molecule has 0 N–H and O–H groups in total. The van der Waals surface area contributed by atoms with Gasteiger partial charge in [0, 0.05) is 22.2 Å². The van der Waals surface area contributed by atoms with E-state index in [2.05, 4.69) is 254 Å². The van der Waals surface area contributed by atoms with Crippen molar-refractivity contribution >= 4 is 27.8 Å². The van der Waals surface area contributed by atoms with Crippen LogP contribution in [0.2, 0.25) is 0 Å². The van der Waals surface area contributed by atoms with E-state index in [-0.39, 0.29) is 5.41 Å². The fourth-order valence-corrected chi connectivity index (χ4v) is 9.61. The van der Waals surface area contributed by atoms with E-state index in [1.165, 1.54) is 83.1 Å². The zero-order valence-corrected chi connectivity index (χ0v) is 34.0. The van der Waals surface area contributed by atoms with E-state index in [1.807, 2.05) is 0 Å². The molecular weight excluding hydrogens is 735 g/mol. The highest BCUT2D eigenvalue weighted by Gasteiger charge is 2.42. The van der Waals surface area contributed by atoms with Gasteiger partial charge in [0.15, 0.2) is 0 Å². The molecule has 288 valence electrons. The molecule has 0 saturated heterocycles. The van der Waals surface area contributed by atoms with E-state index in [9.17, 15) is 0 Å². The molecule has 1 nitrogen and oxygen atoms in total. The van der Waals surface area contributed by atoms with Gasteiger partial charge in [0.1, 0.15) is 0 Å². The van der Waals surface area contributed by atoms with Crippen LogP contribution in [0.1, 0.15) is 23.6 Å². The van der Waals surface area contributed by atoms with Gasteiger partial charge in [-0.25, -0.2) is 0 Å². The molecule has 0 amide bonds. The average molecular weight is 778 g/mol. The van der Waals surface area contributed by atoms with Crippen molar-refractivity contribution in [3.63, 3.8) is 0 Å². The van der Waals surface area contributed by atoms with Crippen LogP contribution in [0.4, 0.5) is 17.1 Å². The first-order chi connectivity index (χ1) is 30.1. The molecule has 0 heterocycles. The van der Waals surface area contributed by atoms with Crippen molar-refractivity contribution < 1.29 is 0 Å². The van der Waals surface area contributed by atoms with Crippen molar-refractivity contribution in [3.05, 3.63) is 259 Å². The number of hydrogen-bond donors (Lipinski definition) is 0. The Kier molecular flexibility index (Phi) is 9.02. The Hall–Kier alpha value is -7.74. The normalized spacial score (nSPS) is 14.0. The molecule has 0 aromatic heterocycles. The summed E-state index contributed by atoms with van der Waals surface area (Å²) in [5.41, 5.74) is 19.1. The lowest BCUT2D eigenvalue weighted by Gasteiger charge is -2.31. The second-order valence-electron chi connectivity index (χ2n) is 16.2. The molecule has 0 radical (unpaired) electrons. The largest absolute Gasteiger partial charge is 0.309 e. The van der Waals surface area contributed by atoms with E-state index >= 15 is 0 Å². The highest BCUT2D eigenvalue weighted by molar-refractivity contribution is 5.99. The predicted molar refractivity (Wildman–Crippen MR) is 258 cm³/mol. The predicted octanol–water partition coefficient (Wildman–Crippen LogP) is 16.3. The van der Waals surface area contributed by atoms with Crippen LogP contribution in [0.3, 0.4) is 0 Å². The molecule has 0 spiro atoms. The zero-order chi connectivity index (χ0) is 40.8. The molecule has 1 aliphatic carbocycles. The Morgan fingerprint density at radius 3 is 1.49 bits per heavy atom. The van der Waals surface area contributed by atoms with Gasteiger partial charge < -0.3 is 4.90 Å². The maximum Gasteiger partial charge on any atom is 0.0543 e. The highest BCUT2D eigenvalue weighted by Crippen LogP contribution is 2.57. The van der Waals surface area contributed by atoms with Crippen LogP contribution in [0.15, 0.2) is 243 Å². The molecule has 11 rings (SSSR count). The van der Waals surface area contributed by atoms with Gasteiger partial charge in [0.05, 0.1) is 11.4 Å². The van der Waals surface area contributed by atoms with Crippen LogP contribution in [0.5, 0.6) is 0 Å². The van der Waals surface area contributed by atoms with Gasteiger partial charge in [-0.3, -0.25) is 0 Å². The number of benzene rings is 10. The number of rotatable bonds is 8. The van der Waals surface area contributed by atoms with Crippen molar-refractivity contribution in [2.24, 2.45) is 0 Å². The number of hydrogen-bond acceptors (Lipinski definition) is 1. The average Bonchev–Trinajstić information content (AvgIpc) is 3.61. The third kappa shape index (κ3) is 6.34.